The number of hydrogen-bond acceptors (Lipinski definition) is 5. The first-order valence-corrected chi connectivity index (χ1v) is 9.68. The first-order chi connectivity index (χ1) is 15.8. The molecule has 5 nitrogen and oxygen atoms in total. The number of carbonyl (C=O) groups is 1. The minimum absolute atomic E-state index is 0.0467. The summed E-state index contributed by atoms with van der Waals surface area (Å²) < 4.78 is 94.8. The summed E-state index contributed by atoms with van der Waals surface area (Å²) in [5.74, 6) is -3.18. The third kappa shape index (κ3) is 6.34. The van der Waals surface area contributed by atoms with Gasteiger partial charge in [0.15, 0.2) is 0 Å². The first kappa shape index (κ1) is 25.2. The number of ether oxygens (including phenoxy) is 1. The van der Waals surface area contributed by atoms with Gasteiger partial charge in [-0.25, -0.2) is 19.2 Å². The van der Waals surface area contributed by atoms with Crippen molar-refractivity contribution in [1.29, 1.82) is 0 Å². The van der Waals surface area contributed by atoms with Crippen molar-refractivity contribution in [2.45, 2.75) is 18.5 Å². The maximum atomic E-state index is 13.6. The molecule has 3 aromatic rings. The second-order valence-corrected chi connectivity index (χ2v) is 7.22. The number of aromatic nitrogens is 2. The van der Waals surface area contributed by atoms with Crippen molar-refractivity contribution in [2.75, 3.05) is 11.9 Å². The Morgan fingerprint density at radius 3 is 2.38 bits per heavy atom. The van der Waals surface area contributed by atoms with Crippen molar-refractivity contribution < 1.29 is 40.3 Å². The smallest absolute Gasteiger partial charge is 0.449 e. The summed E-state index contributed by atoms with van der Waals surface area (Å²) >= 11 is 5.72. The number of nitrogens with one attached hydrogen (secondary N) is 1. The Balaban J connectivity index is 1.82. The Hall–Kier alpha value is -3.41. The van der Waals surface area contributed by atoms with E-state index >= 15 is 0 Å². The van der Waals surface area contributed by atoms with Crippen LogP contribution in [0.5, 0.6) is 0 Å². The van der Waals surface area contributed by atoms with Gasteiger partial charge in [0, 0.05) is 11.6 Å². The lowest BCUT2D eigenvalue weighted by atomic mass is 10.1. The van der Waals surface area contributed by atoms with Gasteiger partial charge in [0.1, 0.15) is 24.1 Å². The van der Waals surface area contributed by atoms with E-state index in [-0.39, 0.29) is 22.6 Å². The number of nitrogens with zero attached hydrogens (tertiary/aromatic N) is 2. The molecule has 0 amide bonds. The molecule has 0 fully saturated rings. The zero-order valence-corrected chi connectivity index (χ0v) is 17.5. The Kier molecular flexibility index (Phi) is 7.29. The Morgan fingerprint density at radius 2 is 1.76 bits per heavy atom. The molecule has 1 heterocycles. The monoisotopic (exact) mass is 507 g/mol. The SMILES string of the molecule is O=C(OC(CNc1cc(-c2ccc(C(F)(F)F)c(Cl)c2)ncn1)c1cccc(F)c1)C(F)(F)F. The molecule has 0 aliphatic heterocycles. The molecule has 1 unspecified atom stereocenters. The number of halogens is 8. The third-order valence-corrected chi connectivity index (χ3v) is 4.72. The highest BCUT2D eigenvalue weighted by Crippen LogP contribution is 2.36. The van der Waals surface area contributed by atoms with Gasteiger partial charge in [-0.3, -0.25) is 0 Å². The number of esters is 1. The van der Waals surface area contributed by atoms with E-state index in [0.717, 1.165) is 36.7 Å². The van der Waals surface area contributed by atoms with Crippen LogP contribution >= 0.6 is 11.6 Å². The average Bonchev–Trinajstić information content (AvgIpc) is 2.75. The standard InChI is InChI=1S/C21H13ClF7N3O2/c22-15-7-11(4-5-14(15)20(24,25)26)16-8-18(32-10-31-16)30-9-17(34-19(33)21(27,28)29)12-2-1-3-13(23)6-12/h1-8,10,17H,9H2,(H,30,31,32). The highest BCUT2D eigenvalue weighted by molar-refractivity contribution is 6.31. The average molecular weight is 508 g/mol. The normalized spacial score (nSPS) is 12.8. The van der Waals surface area contributed by atoms with E-state index < -0.39 is 47.4 Å². The second-order valence-electron chi connectivity index (χ2n) is 6.81. The zero-order chi connectivity index (χ0) is 25.1. The van der Waals surface area contributed by atoms with Crippen molar-refractivity contribution in [3.8, 4) is 11.3 Å². The van der Waals surface area contributed by atoms with Crippen molar-refractivity contribution >= 4 is 23.4 Å². The molecule has 0 spiro atoms. The van der Waals surface area contributed by atoms with Crippen LogP contribution in [0.2, 0.25) is 5.02 Å². The van der Waals surface area contributed by atoms with E-state index in [1.54, 1.807) is 0 Å². The number of alkyl halides is 6. The molecule has 2 aromatic carbocycles. The summed E-state index contributed by atoms with van der Waals surface area (Å²) in [4.78, 5) is 19.2. The van der Waals surface area contributed by atoms with Gasteiger partial charge in [0.2, 0.25) is 0 Å². The fourth-order valence-electron chi connectivity index (χ4n) is 2.84. The molecule has 34 heavy (non-hydrogen) atoms. The predicted octanol–water partition coefficient (Wildman–Crippen LogP) is 6.21. The number of rotatable bonds is 6. The van der Waals surface area contributed by atoms with Crippen molar-refractivity contribution in [2.24, 2.45) is 0 Å². The van der Waals surface area contributed by atoms with E-state index in [2.05, 4.69) is 20.0 Å². The van der Waals surface area contributed by atoms with Crippen LogP contribution in [-0.4, -0.2) is 28.7 Å². The van der Waals surface area contributed by atoms with Crippen LogP contribution in [0.3, 0.4) is 0 Å². The number of benzene rings is 2. The second kappa shape index (κ2) is 9.84. The summed E-state index contributed by atoms with van der Waals surface area (Å²) in [7, 11) is 0. The molecular weight excluding hydrogens is 495 g/mol. The minimum Gasteiger partial charge on any atom is -0.449 e. The van der Waals surface area contributed by atoms with Gasteiger partial charge in [-0.2, -0.15) is 26.3 Å². The highest BCUT2D eigenvalue weighted by Gasteiger charge is 2.42. The van der Waals surface area contributed by atoms with Crippen LogP contribution < -0.4 is 5.32 Å². The van der Waals surface area contributed by atoms with Crippen LogP contribution in [0.25, 0.3) is 11.3 Å². The van der Waals surface area contributed by atoms with Gasteiger partial charge in [-0.15, -0.1) is 0 Å². The van der Waals surface area contributed by atoms with E-state index in [4.69, 9.17) is 11.6 Å². The molecule has 13 heteroatoms. The van der Waals surface area contributed by atoms with Crippen LogP contribution in [0, 0.1) is 5.82 Å². The molecule has 0 radical (unpaired) electrons. The summed E-state index contributed by atoms with van der Waals surface area (Å²) in [6.07, 6.45) is -10.4. The van der Waals surface area contributed by atoms with E-state index in [1.807, 2.05) is 0 Å². The zero-order valence-electron chi connectivity index (χ0n) is 16.7. The maximum absolute atomic E-state index is 13.6. The highest BCUT2D eigenvalue weighted by atomic mass is 35.5. The van der Waals surface area contributed by atoms with Gasteiger partial charge in [-0.1, -0.05) is 29.8 Å². The molecule has 1 N–H and O–H groups in total. The van der Waals surface area contributed by atoms with E-state index in [1.165, 1.54) is 18.2 Å². The molecule has 0 saturated heterocycles. The molecule has 0 bridgehead atoms. The number of anilines is 1. The third-order valence-electron chi connectivity index (χ3n) is 4.41. The summed E-state index contributed by atoms with van der Waals surface area (Å²) in [6.45, 7) is -0.435. The Morgan fingerprint density at radius 1 is 1.03 bits per heavy atom. The van der Waals surface area contributed by atoms with Gasteiger partial charge in [0.25, 0.3) is 0 Å². The Bertz CT molecular complexity index is 1190. The lowest BCUT2D eigenvalue weighted by Crippen LogP contribution is -2.29. The topological polar surface area (TPSA) is 64.1 Å². The quantitative estimate of drug-likeness (QED) is 0.317. The lowest BCUT2D eigenvalue weighted by Gasteiger charge is -2.20. The lowest BCUT2D eigenvalue weighted by molar-refractivity contribution is -0.204. The molecule has 180 valence electrons. The number of hydrogen-bond donors (Lipinski definition) is 1. The summed E-state index contributed by atoms with van der Waals surface area (Å²) in [6, 6.07) is 8.75. The predicted molar refractivity (Wildman–Crippen MR) is 107 cm³/mol. The van der Waals surface area contributed by atoms with Crippen LogP contribution in [0.1, 0.15) is 17.2 Å². The van der Waals surface area contributed by atoms with Gasteiger partial charge in [-0.05, 0) is 29.8 Å². The van der Waals surface area contributed by atoms with Crippen LogP contribution in [0.15, 0.2) is 54.9 Å². The van der Waals surface area contributed by atoms with E-state index in [0.29, 0.717) is 0 Å². The molecule has 3 rings (SSSR count). The molecule has 0 saturated carbocycles. The van der Waals surface area contributed by atoms with Gasteiger partial charge in [0.05, 0.1) is 22.8 Å². The summed E-state index contributed by atoms with van der Waals surface area (Å²) in [5.41, 5.74) is -0.708. The van der Waals surface area contributed by atoms with E-state index in [9.17, 15) is 35.5 Å². The first-order valence-electron chi connectivity index (χ1n) is 9.31. The minimum atomic E-state index is -5.27. The fourth-order valence-corrected chi connectivity index (χ4v) is 3.13. The van der Waals surface area contributed by atoms with Gasteiger partial charge >= 0.3 is 18.3 Å². The fraction of sp³-hybridized carbons (Fsp3) is 0.190. The number of carbonyl (C=O) groups excluding carboxylic acids is 1. The molecule has 1 atom stereocenters. The molecule has 1 aromatic heterocycles. The molecule has 0 aliphatic rings. The summed E-state index contributed by atoms with van der Waals surface area (Å²) in [5, 5.41) is 2.10. The van der Waals surface area contributed by atoms with Gasteiger partial charge < -0.3 is 10.1 Å². The van der Waals surface area contributed by atoms with Crippen LogP contribution in [-0.2, 0) is 15.7 Å². The largest absolute Gasteiger partial charge is 0.490 e. The molecular formula is C21H13ClF7N3O2. The van der Waals surface area contributed by atoms with Crippen molar-refractivity contribution in [3.05, 3.63) is 76.8 Å². The van der Waals surface area contributed by atoms with Crippen molar-refractivity contribution in [3.63, 3.8) is 0 Å². The maximum Gasteiger partial charge on any atom is 0.490 e. The van der Waals surface area contributed by atoms with Crippen molar-refractivity contribution in [1.82, 2.24) is 9.97 Å². The Labute approximate surface area is 192 Å². The van der Waals surface area contributed by atoms with Crippen LogP contribution in [0.4, 0.5) is 36.6 Å². The molecule has 0 aliphatic carbocycles.